The van der Waals surface area contributed by atoms with Crippen LogP contribution >= 0.6 is 15.9 Å². The van der Waals surface area contributed by atoms with Gasteiger partial charge in [-0.25, -0.2) is 4.98 Å². The second kappa shape index (κ2) is 5.05. The van der Waals surface area contributed by atoms with Crippen molar-refractivity contribution in [1.82, 2.24) is 20.4 Å². The number of halogens is 1. The number of pyridine rings is 1. The molecule has 0 unspecified atom stereocenters. The maximum absolute atomic E-state index is 11.8. The zero-order chi connectivity index (χ0) is 12.3. The highest BCUT2D eigenvalue weighted by Gasteiger charge is 2.11. The number of aromatic nitrogens is 3. The van der Waals surface area contributed by atoms with Crippen molar-refractivity contribution in [3.05, 3.63) is 40.2 Å². The number of carbonyl (C=O) groups excluding carboxylic acids is 1. The van der Waals surface area contributed by atoms with Crippen LogP contribution < -0.4 is 5.32 Å². The summed E-state index contributed by atoms with van der Waals surface area (Å²) < 4.78 is 5.29. The number of hydrogen-bond donors (Lipinski definition) is 1. The van der Waals surface area contributed by atoms with Gasteiger partial charge in [-0.1, -0.05) is 5.16 Å². The maximum atomic E-state index is 11.8. The van der Waals surface area contributed by atoms with Crippen LogP contribution in [0.25, 0.3) is 0 Å². The summed E-state index contributed by atoms with van der Waals surface area (Å²) in [7, 11) is 0. The summed E-state index contributed by atoms with van der Waals surface area (Å²) >= 11 is 3.21. The van der Waals surface area contributed by atoms with Gasteiger partial charge in [-0.3, -0.25) is 4.79 Å². The topological polar surface area (TPSA) is 80.9 Å². The largest absolute Gasteiger partial charge is 0.345 e. The Morgan fingerprint density at radius 1 is 1.59 bits per heavy atom. The van der Waals surface area contributed by atoms with Crippen LogP contribution in [0, 0.1) is 6.92 Å². The first-order valence-corrected chi connectivity index (χ1v) is 5.64. The van der Waals surface area contributed by atoms with E-state index in [4.69, 9.17) is 4.52 Å². The second-order valence-corrected chi connectivity index (χ2v) is 4.01. The summed E-state index contributed by atoms with van der Waals surface area (Å²) in [5, 5.41) is 6.35. The van der Waals surface area contributed by atoms with E-state index in [1.54, 1.807) is 25.3 Å². The lowest BCUT2D eigenvalue weighted by molar-refractivity contribution is 0.0948. The Morgan fingerprint density at radius 2 is 2.41 bits per heavy atom. The molecule has 0 aliphatic carbocycles. The molecule has 0 bridgehead atoms. The first-order chi connectivity index (χ1) is 8.16. The molecule has 88 valence electrons. The molecule has 2 heterocycles. The fourth-order valence-electron chi connectivity index (χ4n) is 1.22. The van der Waals surface area contributed by atoms with E-state index in [1.807, 2.05) is 0 Å². The summed E-state index contributed by atoms with van der Waals surface area (Å²) in [6.45, 7) is 1.91. The third-order valence-electron chi connectivity index (χ3n) is 1.98. The molecule has 2 rings (SSSR count). The predicted molar refractivity (Wildman–Crippen MR) is 62.1 cm³/mol. The van der Waals surface area contributed by atoms with E-state index in [9.17, 15) is 4.79 Å². The van der Waals surface area contributed by atoms with E-state index in [2.05, 4.69) is 36.4 Å². The van der Waals surface area contributed by atoms with Crippen LogP contribution in [0.5, 0.6) is 0 Å². The molecule has 0 aliphatic rings. The lowest BCUT2D eigenvalue weighted by Crippen LogP contribution is -2.24. The zero-order valence-electron chi connectivity index (χ0n) is 8.98. The molecule has 17 heavy (non-hydrogen) atoms. The van der Waals surface area contributed by atoms with Crippen molar-refractivity contribution in [1.29, 1.82) is 0 Å². The van der Waals surface area contributed by atoms with Crippen LogP contribution in [0.1, 0.15) is 22.1 Å². The lowest BCUT2D eigenvalue weighted by Gasteiger charge is -2.03. The third kappa shape index (κ3) is 2.88. The predicted octanol–water partition coefficient (Wildman–Crippen LogP) is 1.47. The first kappa shape index (κ1) is 11.7. The maximum Gasteiger partial charge on any atom is 0.254 e. The molecule has 1 amide bonds. The van der Waals surface area contributed by atoms with Gasteiger partial charge in [0.2, 0.25) is 5.89 Å². The smallest absolute Gasteiger partial charge is 0.254 e. The molecule has 0 saturated carbocycles. The minimum absolute atomic E-state index is 0.220. The molecule has 1 N–H and O–H groups in total. The number of amides is 1. The van der Waals surface area contributed by atoms with Crippen molar-refractivity contribution in [2.45, 2.75) is 13.5 Å². The molecule has 0 atom stereocenters. The molecule has 0 radical (unpaired) electrons. The third-order valence-corrected chi connectivity index (χ3v) is 2.61. The van der Waals surface area contributed by atoms with E-state index in [1.165, 1.54) is 0 Å². The number of aryl methyl sites for hydroxylation is 1. The lowest BCUT2D eigenvalue weighted by atomic mass is 10.3. The molecule has 7 heteroatoms. The zero-order valence-corrected chi connectivity index (χ0v) is 10.6. The van der Waals surface area contributed by atoms with E-state index in [0.29, 0.717) is 21.9 Å². The SMILES string of the molecule is Cc1nc(CNC(=O)c2cccnc2Br)no1. The highest BCUT2D eigenvalue weighted by atomic mass is 79.9. The number of nitrogens with zero attached hydrogens (tertiary/aromatic N) is 3. The minimum atomic E-state index is -0.243. The Balaban J connectivity index is 2.01. The molecule has 0 saturated heterocycles. The molecule has 6 nitrogen and oxygen atoms in total. The summed E-state index contributed by atoms with van der Waals surface area (Å²) in [5.41, 5.74) is 0.465. The van der Waals surface area contributed by atoms with Crippen LogP contribution in [0.3, 0.4) is 0 Å². The Hall–Kier alpha value is -1.76. The summed E-state index contributed by atoms with van der Waals surface area (Å²) in [4.78, 5) is 19.7. The van der Waals surface area contributed by atoms with Gasteiger partial charge in [0.05, 0.1) is 12.1 Å². The minimum Gasteiger partial charge on any atom is -0.345 e. The fourth-order valence-corrected chi connectivity index (χ4v) is 1.65. The second-order valence-electron chi connectivity index (χ2n) is 3.25. The molecule has 2 aromatic heterocycles. The Morgan fingerprint density at radius 3 is 3.06 bits per heavy atom. The summed E-state index contributed by atoms with van der Waals surface area (Å²) in [6, 6.07) is 3.37. The van der Waals surface area contributed by atoms with Gasteiger partial charge in [0.25, 0.3) is 5.91 Å². The molecule has 0 fully saturated rings. The van der Waals surface area contributed by atoms with Gasteiger partial charge < -0.3 is 9.84 Å². The molecule has 0 aliphatic heterocycles. The first-order valence-electron chi connectivity index (χ1n) is 4.84. The number of nitrogens with one attached hydrogen (secondary N) is 1. The van der Waals surface area contributed by atoms with E-state index < -0.39 is 0 Å². The van der Waals surface area contributed by atoms with Crippen LogP contribution in [-0.2, 0) is 6.54 Å². The highest BCUT2D eigenvalue weighted by Crippen LogP contribution is 2.12. The van der Waals surface area contributed by atoms with Gasteiger partial charge in [0.15, 0.2) is 5.82 Å². The van der Waals surface area contributed by atoms with Crippen molar-refractivity contribution < 1.29 is 9.32 Å². The Kier molecular flexibility index (Phi) is 3.48. The Labute approximate surface area is 106 Å². The van der Waals surface area contributed by atoms with Crippen LogP contribution in [0.4, 0.5) is 0 Å². The van der Waals surface area contributed by atoms with Crippen molar-refractivity contribution in [2.75, 3.05) is 0 Å². The van der Waals surface area contributed by atoms with Gasteiger partial charge >= 0.3 is 0 Å². The number of rotatable bonds is 3. The average molecular weight is 297 g/mol. The number of hydrogen-bond acceptors (Lipinski definition) is 5. The molecular formula is C10H9BrN4O2. The fraction of sp³-hybridized carbons (Fsp3) is 0.200. The summed E-state index contributed by atoms with van der Waals surface area (Å²) in [5.74, 6) is 0.667. The highest BCUT2D eigenvalue weighted by molar-refractivity contribution is 9.10. The molecular weight excluding hydrogens is 288 g/mol. The van der Waals surface area contributed by atoms with E-state index in [0.717, 1.165) is 0 Å². The Bertz CT molecular complexity index is 541. The average Bonchev–Trinajstić information content (AvgIpc) is 2.73. The van der Waals surface area contributed by atoms with Gasteiger partial charge in [-0.2, -0.15) is 4.98 Å². The van der Waals surface area contributed by atoms with Crippen LogP contribution in [0.15, 0.2) is 27.5 Å². The van der Waals surface area contributed by atoms with Crippen LogP contribution in [-0.4, -0.2) is 21.0 Å². The standard InChI is InChI=1S/C10H9BrN4O2/c1-6-14-8(15-17-6)5-13-10(16)7-3-2-4-12-9(7)11/h2-4H,5H2,1H3,(H,13,16). The van der Waals surface area contributed by atoms with Crippen LogP contribution in [0.2, 0.25) is 0 Å². The molecule has 0 spiro atoms. The normalized spacial score (nSPS) is 10.2. The van der Waals surface area contributed by atoms with Gasteiger partial charge in [0, 0.05) is 13.1 Å². The van der Waals surface area contributed by atoms with Gasteiger partial charge in [-0.05, 0) is 28.1 Å². The van der Waals surface area contributed by atoms with Crippen molar-refractivity contribution in [3.8, 4) is 0 Å². The van der Waals surface area contributed by atoms with Crippen molar-refractivity contribution in [3.63, 3.8) is 0 Å². The molecule has 2 aromatic rings. The van der Waals surface area contributed by atoms with E-state index >= 15 is 0 Å². The molecule has 0 aromatic carbocycles. The van der Waals surface area contributed by atoms with Crippen molar-refractivity contribution >= 4 is 21.8 Å². The van der Waals surface area contributed by atoms with E-state index in [-0.39, 0.29) is 12.5 Å². The summed E-state index contributed by atoms with van der Waals surface area (Å²) in [6.07, 6.45) is 1.60. The van der Waals surface area contributed by atoms with Gasteiger partial charge in [0.1, 0.15) is 4.60 Å². The van der Waals surface area contributed by atoms with Crippen molar-refractivity contribution in [2.24, 2.45) is 0 Å². The number of carbonyl (C=O) groups is 1. The monoisotopic (exact) mass is 296 g/mol. The van der Waals surface area contributed by atoms with Gasteiger partial charge in [-0.15, -0.1) is 0 Å². The quantitative estimate of drug-likeness (QED) is 0.868.